The third-order valence-electron chi connectivity index (χ3n) is 5.34. The second-order valence-corrected chi connectivity index (χ2v) is 7.65. The van der Waals surface area contributed by atoms with Crippen LogP contribution < -0.4 is 10.6 Å². The zero-order valence-corrected chi connectivity index (χ0v) is 17.9. The van der Waals surface area contributed by atoms with E-state index >= 15 is 0 Å². The lowest BCUT2D eigenvalue weighted by atomic mass is 9.93. The highest BCUT2D eigenvalue weighted by Crippen LogP contribution is 2.27. The molecule has 1 aliphatic heterocycles. The molecule has 1 atom stereocenters. The third-order valence-corrected chi connectivity index (χ3v) is 5.34. The van der Waals surface area contributed by atoms with Crippen LogP contribution in [0, 0.1) is 0 Å². The monoisotopic (exact) mass is 387 g/mol. The second kappa shape index (κ2) is 12.4. The van der Waals surface area contributed by atoms with Gasteiger partial charge in [0.2, 0.25) is 5.96 Å². The van der Waals surface area contributed by atoms with Crippen molar-refractivity contribution in [3.63, 3.8) is 0 Å². The first-order valence-corrected chi connectivity index (χ1v) is 11.0. The fourth-order valence-electron chi connectivity index (χ4n) is 3.68. The van der Waals surface area contributed by atoms with Crippen LogP contribution in [-0.4, -0.2) is 25.7 Å². The van der Waals surface area contributed by atoms with Gasteiger partial charge in [0.15, 0.2) is 0 Å². The van der Waals surface area contributed by atoms with Gasteiger partial charge in [0, 0.05) is 6.54 Å². The maximum Gasteiger partial charge on any atom is 0.413 e. The summed E-state index contributed by atoms with van der Waals surface area (Å²) in [5.41, 5.74) is 4.09. The minimum Gasteiger partial charge on any atom is -0.453 e. The Balaban J connectivity index is 2.10. The number of alkyl carbamates (subject to hydrolysis) is 1. The molecular weight excluding hydrogens is 350 g/mol. The average Bonchev–Trinajstić information content (AvgIpc) is 3.17. The summed E-state index contributed by atoms with van der Waals surface area (Å²) in [5, 5.41) is 5.84. The van der Waals surface area contributed by atoms with E-state index in [1.54, 1.807) is 0 Å². The lowest BCUT2D eigenvalue weighted by Gasteiger charge is -2.15. The van der Waals surface area contributed by atoms with Crippen molar-refractivity contribution in [1.29, 1.82) is 0 Å². The summed E-state index contributed by atoms with van der Waals surface area (Å²) in [4.78, 5) is 16.1. The van der Waals surface area contributed by atoms with Crippen molar-refractivity contribution < 1.29 is 9.53 Å². The number of nitrogens with one attached hydrogen (secondary N) is 2. The number of ether oxygens (including phenoxy) is 1. The Bertz CT molecular complexity index is 643. The summed E-state index contributed by atoms with van der Waals surface area (Å²) in [6.07, 6.45) is 11.9. The van der Waals surface area contributed by atoms with Crippen LogP contribution in [0.2, 0.25) is 0 Å². The van der Waals surface area contributed by atoms with Crippen molar-refractivity contribution in [3.8, 4) is 0 Å². The predicted molar refractivity (Wildman–Crippen MR) is 116 cm³/mol. The minimum atomic E-state index is -0.489. The second-order valence-electron chi connectivity index (χ2n) is 7.65. The zero-order chi connectivity index (χ0) is 20.2. The van der Waals surface area contributed by atoms with Crippen molar-refractivity contribution in [2.75, 3.05) is 13.7 Å². The molecule has 156 valence electrons. The Kier molecular flexibility index (Phi) is 9.87. The van der Waals surface area contributed by atoms with E-state index in [9.17, 15) is 4.79 Å². The van der Waals surface area contributed by atoms with Crippen LogP contribution >= 0.6 is 0 Å². The normalized spacial score (nSPS) is 15.8. The smallest absolute Gasteiger partial charge is 0.413 e. The van der Waals surface area contributed by atoms with Crippen LogP contribution in [-0.2, 0) is 17.6 Å². The summed E-state index contributed by atoms with van der Waals surface area (Å²) in [5.74, 6) is 0.502. The molecule has 1 heterocycles. The van der Waals surface area contributed by atoms with Crippen molar-refractivity contribution in [2.45, 2.75) is 84.1 Å². The summed E-state index contributed by atoms with van der Waals surface area (Å²) in [7, 11) is 1.36. The number of benzene rings is 1. The molecule has 0 bridgehead atoms. The molecule has 0 spiro atoms. The zero-order valence-electron chi connectivity index (χ0n) is 17.9. The van der Waals surface area contributed by atoms with Crippen LogP contribution in [0.1, 0.15) is 87.9 Å². The first-order valence-electron chi connectivity index (χ1n) is 11.0. The number of nitrogens with zero attached hydrogens (tertiary/aromatic N) is 1. The van der Waals surface area contributed by atoms with E-state index in [-0.39, 0.29) is 6.04 Å². The van der Waals surface area contributed by atoms with E-state index < -0.39 is 6.09 Å². The van der Waals surface area contributed by atoms with E-state index in [1.807, 2.05) is 0 Å². The fourth-order valence-corrected chi connectivity index (χ4v) is 3.68. The third kappa shape index (κ3) is 7.17. The summed E-state index contributed by atoms with van der Waals surface area (Å²) in [6.45, 7) is 5.20. The molecule has 0 saturated carbocycles. The Morgan fingerprint density at radius 1 is 1.11 bits per heavy atom. The molecule has 1 amide bonds. The number of carbonyl (C=O) groups is 1. The largest absolute Gasteiger partial charge is 0.453 e. The van der Waals surface area contributed by atoms with Crippen LogP contribution in [0.5, 0.6) is 0 Å². The maximum absolute atomic E-state index is 11.5. The van der Waals surface area contributed by atoms with Gasteiger partial charge < -0.3 is 10.1 Å². The molecule has 1 aliphatic rings. The number of rotatable bonds is 11. The summed E-state index contributed by atoms with van der Waals surface area (Å²) in [6, 6.07) is 6.99. The molecule has 1 unspecified atom stereocenters. The van der Waals surface area contributed by atoms with Gasteiger partial charge in [0.25, 0.3) is 0 Å². The molecule has 0 radical (unpaired) electrons. The van der Waals surface area contributed by atoms with Gasteiger partial charge in [-0.05, 0) is 42.4 Å². The van der Waals surface area contributed by atoms with Crippen LogP contribution in [0.25, 0.3) is 0 Å². The van der Waals surface area contributed by atoms with Crippen molar-refractivity contribution in [1.82, 2.24) is 10.6 Å². The summed E-state index contributed by atoms with van der Waals surface area (Å²) >= 11 is 0. The molecule has 5 heteroatoms. The van der Waals surface area contributed by atoms with Gasteiger partial charge in [-0.2, -0.15) is 0 Å². The van der Waals surface area contributed by atoms with Crippen LogP contribution in [0.15, 0.2) is 23.2 Å². The molecule has 5 nitrogen and oxygen atoms in total. The Morgan fingerprint density at radius 3 is 2.50 bits per heavy atom. The molecule has 0 fully saturated rings. The standard InChI is InChI=1S/C23H37N3O2/c1-4-6-8-10-12-18-14-15-19(13-11-9-7-5-2)20(16-18)21-17-24-22(25-21)26-23(27)28-3/h14-16,21H,4-13,17H2,1-3H3,(H2,24,25,26,27). The van der Waals surface area contributed by atoms with Crippen molar-refractivity contribution >= 4 is 12.1 Å². The Labute approximate surface area is 170 Å². The molecule has 28 heavy (non-hydrogen) atoms. The van der Waals surface area contributed by atoms with Gasteiger partial charge in [0.1, 0.15) is 0 Å². The number of aryl methyl sites for hydroxylation is 2. The van der Waals surface area contributed by atoms with Gasteiger partial charge in [-0.25, -0.2) is 9.79 Å². The first kappa shape index (κ1) is 22.3. The minimum absolute atomic E-state index is 0.0453. The van der Waals surface area contributed by atoms with E-state index in [0.29, 0.717) is 12.5 Å². The molecule has 1 aromatic rings. The van der Waals surface area contributed by atoms with Crippen LogP contribution in [0.3, 0.4) is 0 Å². The lowest BCUT2D eigenvalue weighted by Crippen LogP contribution is -2.37. The lowest BCUT2D eigenvalue weighted by molar-refractivity contribution is 0.176. The highest BCUT2D eigenvalue weighted by molar-refractivity contribution is 5.94. The molecule has 0 saturated heterocycles. The highest BCUT2D eigenvalue weighted by atomic mass is 16.5. The highest BCUT2D eigenvalue weighted by Gasteiger charge is 2.22. The number of unbranched alkanes of at least 4 members (excludes halogenated alkanes) is 6. The first-order chi connectivity index (χ1) is 13.7. The molecule has 0 aliphatic carbocycles. The number of hydrogen-bond acceptors (Lipinski definition) is 4. The van der Waals surface area contributed by atoms with Gasteiger partial charge in [-0.1, -0.05) is 70.6 Å². The predicted octanol–water partition coefficient (Wildman–Crippen LogP) is 5.29. The molecule has 1 aromatic carbocycles. The molecule has 0 aromatic heterocycles. The number of guanidine groups is 1. The van der Waals surface area contributed by atoms with Gasteiger partial charge >= 0.3 is 6.09 Å². The number of methoxy groups -OCH3 is 1. The van der Waals surface area contributed by atoms with Crippen molar-refractivity contribution in [2.24, 2.45) is 4.99 Å². The van der Waals surface area contributed by atoms with E-state index in [0.717, 1.165) is 12.8 Å². The van der Waals surface area contributed by atoms with Gasteiger partial charge in [0.05, 0.1) is 13.2 Å². The molecule has 2 N–H and O–H groups in total. The Morgan fingerprint density at radius 2 is 1.82 bits per heavy atom. The summed E-state index contributed by atoms with van der Waals surface area (Å²) < 4.78 is 4.67. The van der Waals surface area contributed by atoms with E-state index in [1.165, 1.54) is 75.2 Å². The van der Waals surface area contributed by atoms with E-state index in [4.69, 9.17) is 4.99 Å². The fraction of sp³-hybridized carbons (Fsp3) is 0.652. The maximum atomic E-state index is 11.5. The average molecular weight is 388 g/mol. The van der Waals surface area contributed by atoms with E-state index in [2.05, 4.69) is 47.4 Å². The number of carbonyl (C=O) groups excluding carboxylic acids is 1. The topological polar surface area (TPSA) is 62.7 Å². The van der Waals surface area contributed by atoms with Gasteiger partial charge in [-0.15, -0.1) is 0 Å². The number of hydrogen-bond donors (Lipinski definition) is 2. The molecular formula is C23H37N3O2. The SMILES string of the molecule is CCCCCCc1ccc(CCCCCC)c(C2CNC(NC(=O)OC)=N2)c1. The van der Waals surface area contributed by atoms with Crippen LogP contribution in [0.4, 0.5) is 4.79 Å². The Hall–Kier alpha value is -2.04. The number of aliphatic imine (C=N–C) groups is 1. The quantitative estimate of drug-likeness (QED) is 0.507. The van der Waals surface area contributed by atoms with Crippen molar-refractivity contribution in [3.05, 3.63) is 34.9 Å². The molecule has 2 rings (SSSR count). The van der Waals surface area contributed by atoms with Gasteiger partial charge in [-0.3, -0.25) is 5.32 Å². The number of amides is 1.